The number of sulfonamides is 1. The third-order valence-electron chi connectivity index (χ3n) is 4.31. The second-order valence-corrected chi connectivity index (χ2v) is 10.7. The molecular formula is C17H18BrFN2O3S2. The van der Waals surface area contributed by atoms with Crippen molar-refractivity contribution in [2.24, 2.45) is 0 Å². The zero-order valence-corrected chi connectivity index (χ0v) is 17.3. The predicted molar refractivity (Wildman–Crippen MR) is 102 cm³/mol. The second-order valence-electron chi connectivity index (χ2n) is 6.13. The maximum absolute atomic E-state index is 13.3. The molecule has 2 heterocycles. The van der Waals surface area contributed by atoms with Crippen molar-refractivity contribution in [2.75, 3.05) is 6.54 Å². The van der Waals surface area contributed by atoms with Gasteiger partial charge < -0.3 is 5.32 Å². The lowest BCUT2D eigenvalue weighted by molar-refractivity contribution is -0.124. The van der Waals surface area contributed by atoms with E-state index >= 15 is 0 Å². The Bertz CT molecular complexity index is 930. The number of halogens is 2. The lowest BCUT2D eigenvalue weighted by Crippen LogP contribution is -2.45. The molecule has 26 heavy (non-hydrogen) atoms. The molecule has 140 valence electrons. The summed E-state index contributed by atoms with van der Waals surface area (Å²) < 4.78 is 41.2. The van der Waals surface area contributed by atoms with E-state index in [1.54, 1.807) is 31.2 Å². The molecule has 1 N–H and O–H groups in total. The van der Waals surface area contributed by atoms with Gasteiger partial charge >= 0.3 is 0 Å². The third-order valence-corrected chi connectivity index (χ3v) is 8.31. The van der Waals surface area contributed by atoms with Crippen LogP contribution < -0.4 is 5.32 Å². The molecule has 9 heteroatoms. The number of aryl methyl sites for hydroxylation is 1. The zero-order chi connectivity index (χ0) is 18.9. The van der Waals surface area contributed by atoms with Gasteiger partial charge in [0.1, 0.15) is 16.1 Å². The van der Waals surface area contributed by atoms with Gasteiger partial charge in [-0.15, -0.1) is 11.3 Å². The molecule has 0 aliphatic carbocycles. The van der Waals surface area contributed by atoms with E-state index in [1.165, 1.54) is 10.4 Å². The maximum Gasteiger partial charge on any atom is 0.253 e. The summed E-state index contributed by atoms with van der Waals surface area (Å²) in [6, 6.07) is 7.13. The molecule has 1 amide bonds. The first kappa shape index (κ1) is 19.5. The number of benzene rings is 1. The standard InChI is InChI=1S/C17H18BrFN2O3S2/c1-11-9-12(4-5-13(11)19)10-20-17(22)14-3-2-8-21(14)26(23,24)16-7-6-15(18)25-16/h4-7,9,14H,2-3,8,10H2,1H3,(H,20,22). The Balaban J connectivity index is 1.71. The molecule has 1 aliphatic rings. The number of hydrogen-bond acceptors (Lipinski definition) is 4. The van der Waals surface area contributed by atoms with E-state index in [1.807, 2.05) is 0 Å². The fourth-order valence-electron chi connectivity index (χ4n) is 2.97. The Labute approximate surface area is 164 Å². The molecule has 0 saturated carbocycles. The SMILES string of the molecule is Cc1cc(CNC(=O)C2CCCN2S(=O)(=O)c2ccc(Br)s2)ccc1F. The van der Waals surface area contributed by atoms with E-state index in [2.05, 4.69) is 21.2 Å². The number of amides is 1. The van der Waals surface area contributed by atoms with Crippen LogP contribution in [0.3, 0.4) is 0 Å². The van der Waals surface area contributed by atoms with Crippen molar-refractivity contribution in [3.05, 3.63) is 51.1 Å². The maximum atomic E-state index is 13.3. The van der Waals surface area contributed by atoms with E-state index in [0.29, 0.717) is 24.9 Å². The van der Waals surface area contributed by atoms with Crippen LogP contribution in [0.5, 0.6) is 0 Å². The van der Waals surface area contributed by atoms with Gasteiger partial charge in [-0.05, 0) is 65.0 Å². The minimum Gasteiger partial charge on any atom is -0.351 e. The van der Waals surface area contributed by atoms with E-state index in [9.17, 15) is 17.6 Å². The van der Waals surface area contributed by atoms with Crippen molar-refractivity contribution in [3.63, 3.8) is 0 Å². The van der Waals surface area contributed by atoms with Crippen molar-refractivity contribution < 1.29 is 17.6 Å². The van der Waals surface area contributed by atoms with Crippen molar-refractivity contribution in [1.82, 2.24) is 9.62 Å². The van der Waals surface area contributed by atoms with Gasteiger partial charge in [-0.3, -0.25) is 4.79 Å². The van der Waals surface area contributed by atoms with E-state index < -0.39 is 16.1 Å². The highest BCUT2D eigenvalue weighted by Gasteiger charge is 2.39. The monoisotopic (exact) mass is 460 g/mol. The van der Waals surface area contributed by atoms with Gasteiger partial charge in [-0.2, -0.15) is 4.31 Å². The summed E-state index contributed by atoms with van der Waals surface area (Å²) in [6.07, 6.45) is 1.12. The quantitative estimate of drug-likeness (QED) is 0.742. The second kappa shape index (κ2) is 7.75. The summed E-state index contributed by atoms with van der Waals surface area (Å²) in [5.74, 6) is -0.626. The Hall–Kier alpha value is -1.29. The molecule has 0 radical (unpaired) electrons. The van der Waals surface area contributed by atoms with E-state index in [0.717, 1.165) is 20.7 Å². The Kier molecular flexibility index (Phi) is 5.81. The molecule has 1 aliphatic heterocycles. The van der Waals surface area contributed by atoms with Crippen molar-refractivity contribution >= 4 is 43.2 Å². The Morgan fingerprint density at radius 1 is 1.38 bits per heavy atom. The summed E-state index contributed by atoms with van der Waals surface area (Å²) in [5.41, 5.74) is 1.27. The van der Waals surface area contributed by atoms with Crippen LogP contribution in [0.1, 0.15) is 24.0 Å². The summed E-state index contributed by atoms with van der Waals surface area (Å²) in [7, 11) is -3.70. The molecule has 1 atom stereocenters. The smallest absolute Gasteiger partial charge is 0.253 e. The molecule has 1 fully saturated rings. The summed E-state index contributed by atoms with van der Waals surface area (Å²) in [4.78, 5) is 12.6. The van der Waals surface area contributed by atoms with Crippen LogP contribution in [0.4, 0.5) is 4.39 Å². The highest BCUT2D eigenvalue weighted by Crippen LogP contribution is 2.32. The molecule has 2 aromatic rings. The van der Waals surface area contributed by atoms with Crippen LogP contribution in [-0.4, -0.2) is 31.2 Å². The van der Waals surface area contributed by atoms with E-state index in [-0.39, 0.29) is 22.5 Å². The highest BCUT2D eigenvalue weighted by molar-refractivity contribution is 9.11. The van der Waals surface area contributed by atoms with Gasteiger partial charge in [0.15, 0.2) is 0 Å². The minimum absolute atomic E-state index is 0.221. The first-order chi connectivity index (χ1) is 12.3. The largest absolute Gasteiger partial charge is 0.351 e. The van der Waals surface area contributed by atoms with Gasteiger partial charge in [0.05, 0.1) is 3.79 Å². The molecule has 3 rings (SSSR count). The lowest BCUT2D eigenvalue weighted by atomic mass is 10.1. The third kappa shape index (κ3) is 4.00. The van der Waals surface area contributed by atoms with Gasteiger partial charge in [0, 0.05) is 13.1 Å². The summed E-state index contributed by atoms with van der Waals surface area (Å²) in [6.45, 7) is 2.21. The molecule has 5 nitrogen and oxygen atoms in total. The minimum atomic E-state index is -3.70. The van der Waals surface area contributed by atoms with Crippen molar-refractivity contribution in [3.8, 4) is 0 Å². The Morgan fingerprint density at radius 3 is 2.81 bits per heavy atom. The molecule has 1 unspecified atom stereocenters. The van der Waals surface area contributed by atoms with Crippen molar-refractivity contribution in [2.45, 2.75) is 36.6 Å². The van der Waals surface area contributed by atoms with E-state index in [4.69, 9.17) is 0 Å². The fourth-order valence-corrected chi connectivity index (χ4v) is 6.76. The first-order valence-corrected chi connectivity index (χ1v) is 11.1. The molecule has 0 spiro atoms. The number of nitrogens with one attached hydrogen (secondary N) is 1. The van der Waals surface area contributed by atoms with Gasteiger partial charge in [0.2, 0.25) is 5.91 Å². The lowest BCUT2D eigenvalue weighted by Gasteiger charge is -2.22. The molecule has 1 aromatic carbocycles. The topological polar surface area (TPSA) is 66.5 Å². The number of rotatable bonds is 5. The number of carbonyl (C=O) groups excluding carboxylic acids is 1. The summed E-state index contributed by atoms with van der Waals surface area (Å²) in [5, 5.41) is 2.77. The average Bonchev–Trinajstić information content (AvgIpc) is 3.25. The van der Waals surface area contributed by atoms with Gasteiger partial charge in [-0.1, -0.05) is 12.1 Å². The fraction of sp³-hybridized carbons (Fsp3) is 0.353. The normalized spacial score (nSPS) is 18.2. The summed E-state index contributed by atoms with van der Waals surface area (Å²) >= 11 is 4.40. The first-order valence-electron chi connectivity index (χ1n) is 8.09. The van der Waals surface area contributed by atoms with Crippen LogP contribution in [0.15, 0.2) is 38.3 Å². The predicted octanol–water partition coefficient (Wildman–Crippen LogP) is 3.43. The van der Waals surface area contributed by atoms with Crippen LogP contribution in [0.2, 0.25) is 0 Å². The molecular weight excluding hydrogens is 443 g/mol. The molecule has 1 aromatic heterocycles. The number of carbonyl (C=O) groups is 1. The van der Waals surface area contributed by atoms with Crippen molar-refractivity contribution in [1.29, 1.82) is 0 Å². The van der Waals surface area contributed by atoms with Gasteiger partial charge in [0.25, 0.3) is 10.0 Å². The average molecular weight is 461 g/mol. The van der Waals surface area contributed by atoms with Gasteiger partial charge in [-0.25, -0.2) is 12.8 Å². The van der Waals surface area contributed by atoms with Crippen LogP contribution in [0, 0.1) is 12.7 Å². The Morgan fingerprint density at radius 2 is 2.15 bits per heavy atom. The van der Waals surface area contributed by atoms with Crippen LogP contribution in [-0.2, 0) is 21.4 Å². The molecule has 1 saturated heterocycles. The molecule has 0 bridgehead atoms. The zero-order valence-electron chi connectivity index (χ0n) is 14.0. The van der Waals surface area contributed by atoms with Crippen LogP contribution in [0.25, 0.3) is 0 Å². The highest BCUT2D eigenvalue weighted by atomic mass is 79.9. The number of nitrogens with zero attached hydrogens (tertiary/aromatic N) is 1. The number of thiophene rings is 1. The van der Waals surface area contributed by atoms with Crippen LogP contribution >= 0.6 is 27.3 Å². The number of hydrogen-bond donors (Lipinski definition) is 1.